The van der Waals surface area contributed by atoms with E-state index in [1.807, 2.05) is 12.4 Å². The van der Waals surface area contributed by atoms with Crippen molar-refractivity contribution in [2.24, 2.45) is 0 Å². The molecular formula is C12H15N3. The van der Waals surface area contributed by atoms with Crippen molar-refractivity contribution in [2.75, 3.05) is 13.1 Å². The van der Waals surface area contributed by atoms with Crippen LogP contribution in [0, 0.1) is 0 Å². The van der Waals surface area contributed by atoms with Gasteiger partial charge in [-0.1, -0.05) is 12.1 Å². The highest BCUT2D eigenvalue weighted by molar-refractivity contribution is 5.75. The molecule has 1 aromatic carbocycles. The molecule has 2 aromatic rings. The van der Waals surface area contributed by atoms with Crippen molar-refractivity contribution in [2.45, 2.75) is 18.9 Å². The summed E-state index contributed by atoms with van der Waals surface area (Å²) in [5.74, 6) is 0. The number of piperidine rings is 1. The Kier molecular flexibility index (Phi) is 2.18. The van der Waals surface area contributed by atoms with Gasteiger partial charge in [0.25, 0.3) is 0 Å². The van der Waals surface area contributed by atoms with E-state index in [9.17, 15) is 0 Å². The van der Waals surface area contributed by atoms with E-state index in [0.717, 1.165) is 18.6 Å². The molecule has 78 valence electrons. The number of nitrogens with one attached hydrogen (secondary N) is 1. The molecule has 1 N–H and O–H groups in total. The van der Waals surface area contributed by atoms with Gasteiger partial charge in [0.05, 0.1) is 17.4 Å². The summed E-state index contributed by atoms with van der Waals surface area (Å²) in [4.78, 5) is 4.44. The molecule has 1 saturated heterocycles. The highest BCUT2D eigenvalue weighted by atomic mass is 15.1. The molecular weight excluding hydrogens is 186 g/mol. The molecule has 3 nitrogen and oxygen atoms in total. The molecule has 1 aromatic heterocycles. The van der Waals surface area contributed by atoms with E-state index in [4.69, 9.17) is 0 Å². The molecule has 0 amide bonds. The standard InChI is InChI=1S/C12H15N3/c1-2-4-12-11(3-1)14-9-15(12)10-5-7-13-8-6-10/h1-4,9-10,13H,5-8H2. The molecule has 15 heavy (non-hydrogen) atoms. The Morgan fingerprint density at radius 1 is 1.20 bits per heavy atom. The van der Waals surface area contributed by atoms with Crippen LogP contribution >= 0.6 is 0 Å². The highest BCUT2D eigenvalue weighted by Crippen LogP contribution is 2.23. The molecule has 0 unspecified atom stereocenters. The van der Waals surface area contributed by atoms with Gasteiger partial charge >= 0.3 is 0 Å². The summed E-state index contributed by atoms with van der Waals surface area (Å²) in [7, 11) is 0. The lowest BCUT2D eigenvalue weighted by atomic mass is 10.1. The first kappa shape index (κ1) is 8.92. The fraction of sp³-hybridized carbons (Fsp3) is 0.417. The first-order valence-corrected chi connectivity index (χ1v) is 5.57. The van der Waals surface area contributed by atoms with Gasteiger partial charge in [-0.3, -0.25) is 0 Å². The lowest BCUT2D eigenvalue weighted by Gasteiger charge is -2.24. The van der Waals surface area contributed by atoms with Crippen LogP contribution in [-0.2, 0) is 0 Å². The van der Waals surface area contributed by atoms with E-state index in [0.29, 0.717) is 6.04 Å². The molecule has 2 heterocycles. The van der Waals surface area contributed by atoms with Gasteiger partial charge < -0.3 is 9.88 Å². The number of para-hydroxylation sites is 2. The third-order valence-corrected chi connectivity index (χ3v) is 3.18. The van der Waals surface area contributed by atoms with Crippen LogP contribution in [0.25, 0.3) is 11.0 Å². The average Bonchev–Trinajstić information content (AvgIpc) is 2.74. The highest BCUT2D eigenvalue weighted by Gasteiger charge is 2.16. The number of rotatable bonds is 1. The molecule has 0 bridgehead atoms. The molecule has 0 radical (unpaired) electrons. The Hall–Kier alpha value is -1.35. The molecule has 0 aliphatic carbocycles. The van der Waals surface area contributed by atoms with Crippen LogP contribution in [0.15, 0.2) is 30.6 Å². The second-order valence-corrected chi connectivity index (χ2v) is 4.12. The van der Waals surface area contributed by atoms with Crippen LogP contribution < -0.4 is 5.32 Å². The minimum absolute atomic E-state index is 0.624. The van der Waals surface area contributed by atoms with Crippen LogP contribution in [-0.4, -0.2) is 22.6 Å². The first-order valence-electron chi connectivity index (χ1n) is 5.57. The minimum atomic E-state index is 0.624. The van der Waals surface area contributed by atoms with E-state index in [-0.39, 0.29) is 0 Å². The van der Waals surface area contributed by atoms with E-state index < -0.39 is 0 Å². The van der Waals surface area contributed by atoms with Crippen molar-refractivity contribution in [3.05, 3.63) is 30.6 Å². The van der Waals surface area contributed by atoms with E-state index >= 15 is 0 Å². The van der Waals surface area contributed by atoms with Gasteiger partial charge in [0.1, 0.15) is 0 Å². The van der Waals surface area contributed by atoms with Crippen molar-refractivity contribution in [1.82, 2.24) is 14.9 Å². The average molecular weight is 201 g/mol. The number of nitrogens with zero attached hydrogens (tertiary/aromatic N) is 2. The fourth-order valence-corrected chi connectivity index (χ4v) is 2.35. The topological polar surface area (TPSA) is 29.9 Å². The molecule has 1 aliphatic rings. The van der Waals surface area contributed by atoms with Crippen LogP contribution in [0.5, 0.6) is 0 Å². The number of hydrogen-bond acceptors (Lipinski definition) is 2. The number of benzene rings is 1. The van der Waals surface area contributed by atoms with Gasteiger partial charge in [0.2, 0.25) is 0 Å². The second-order valence-electron chi connectivity index (χ2n) is 4.12. The lowest BCUT2D eigenvalue weighted by Crippen LogP contribution is -2.29. The summed E-state index contributed by atoms with van der Waals surface area (Å²) in [6, 6.07) is 8.99. The van der Waals surface area contributed by atoms with Crippen molar-refractivity contribution in [3.63, 3.8) is 0 Å². The van der Waals surface area contributed by atoms with Crippen LogP contribution in [0.4, 0.5) is 0 Å². The third-order valence-electron chi connectivity index (χ3n) is 3.18. The van der Waals surface area contributed by atoms with Crippen LogP contribution in [0.2, 0.25) is 0 Å². The van der Waals surface area contributed by atoms with Gasteiger partial charge in [-0.05, 0) is 38.1 Å². The molecule has 3 rings (SSSR count). The first-order chi connectivity index (χ1) is 7.45. The van der Waals surface area contributed by atoms with Gasteiger partial charge in [0, 0.05) is 6.04 Å². The van der Waals surface area contributed by atoms with E-state index in [2.05, 4.69) is 33.1 Å². The van der Waals surface area contributed by atoms with Crippen LogP contribution in [0.3, 0.4) is 0 Å². The lowest BCUT2D eigenvalue weighted by molar-refractivity contribution is 0.374. The summed E-state index contributed by atoms with van der Waals surface area (Å²) in [6.45, 7) is 2.24. The summed E-state index contributed by atoms with van der Waals surface area (Å²) >= 11 is 0. The van der Waals surface area contributed by atoms with Gasteiger partial charge in [-0.15, -0.1) is 0 Å². The van der Waals surface area contributed by atoms with Gasteiger partial charge in [-0.2, -0.15) is 0 Å². The Balaban J connectivity index is 2.02. The van der Waals surface area contributed by atoms with E-state index in [1.165, 1.54) is 18.4 Å². The SMILES string of the molecule is c1ccc2c(c1)ncn2C1CCNCC1. The normalized spacial score (nSPS) is 18.4. The summed E-state index contributed by atoms with van der Waals surface area (Å²) in [6.07, 6.45) is 4.40. The summed E-state index contributed by atoms with van der Waals surface area (Å²) in [5, 5.41) is 3.39. The Labute approximate surface area is 89.1 Å². The zero-order chi connectivity index (χ0) is 10.1. The number of fused-ring (bicyclic) bond motifs is 1. The van der Waals surface area contributed by atoms with Gasteiger partial charge in [-0.25, -0.2) is 4.98 Å². The summed E-state index contributed by atoms with van der Waals surface area (Å²) in [5.41, 5.74) is 2.38. The molecule has 1 aliphatic heterocycles. The van der Waals surface area contributed by atoms with E-state index in [1.54, 1.807) is 0 Å². The number of hydrogen-bond donors (Lipinski definition) is 1. The second kappa shape index (κ2) is 3.66. The monoisotopic (exact) mass is 201 g/mol. The molecule has 1 fully saturated rings. The fourth-order valence-electron chi connectivity index (χ4n) is 2.35. The molecule has 0 atom stereocenters. The quantitative estimate of drug-likeness (QED) is 0.764. The minimum Gasteiger partial charge on any atom is -0.327 e. The Morgan fingerprint density at radius 2 is 2.00 bits per heavy atom. The van der Waals surface area contributed by atoms with Crippen LogP contribution in [0.1, 0.15) is 18.9 Å². The van der Waals surface area contributed by atoms with Gasteiger partial charge in [0.15, 0.2) is 0 Å². The predicted molar refractivity (Wildman–Crippen MR) is 60.9 cm³/mol. The maximum absolute atomic E-state index is 4.44. The Bertz CT molecular complexity index is 455. The van der Waals surface area contributed by atoms with Crippen molar-refractivity contribution in [1.29, 1.82) is 0 Å². The number of imidazole rings is 1. The predicted octanol–water partition coefficient (Wildman–Crippen LogP) is 1.96. The zero-order valence-electron chi connectivity index (χ0n) is 8.69. The Morgan fingerprint density at radius 3 is 2.87 bits per heavy atom. The largest absolute Gasteiger partial charge is 0.327 e. The molecule has 0 saturated carbocycles. The smallest absolute Gasteiger partial charge is 0.0960 e. The van der Waals surface area contributed by atoms with Crippen molar-refractivity contribution in [3.8, 4) is 0 Å². The molecule has 3 heteroatoms. The molecule has 0 spiro atoms. The summed E-state index contributed by atoms with van der Waals surface area (Å²) < 4.78 is 2.33. The van der Waals surface area contributed by atoms with Crippen molar-refractivity contribution < 1.29 is 0 Å². The maximum Gasteiger partial charge on any atom is 0.0960 e. The third kappa shape index (κ3) is 1.53. The van der Waals surface area contributed by atoms with Crippen molar-refractivity contribution >= 4 is 11.0 Å². The maximum atomic E-state index is 4.44. The zero-order valence-corrected chi connectivity index (χ0v) is 8.69. The number of aromatic nitrogens is 2.